The summed E-state index contributed by atoms with van der Waals surface area (Å²) in [7, 11) is 0. The van der Waals surface area contributed by atoms with E-state index in [-0.39, 0.29) is 18.2 Å². The van der Waals surface area contributed by atoms with Crippen molar-refractivity contribution in [1.82, 2.24) is 10.2 Å². The highest BCUT2D eigenvalue weighted by Crippen LogP contribution is 2.00. The summed E-state index contributed by atoms with van der Waals surface area (Å²) in [5.74, 6) is -0.907. The quantitative estimate of drug-likeness (QED) is 0.623. The van der Waals surface area contributed by atoms with Gasteiger partial charge in [0.05, 0.1) is 13.2 Å². The molecule has 1 atom stereocenters. The normalized spacial score (nSPS) is 18.6. The van der Waals surface area contributed by atoms with Crippen molar-refractivity contribution < 1.29 is 14.3 Å². The largest absolute Gasteiger partial charge is 0.379 e. The lowest BCUT2D eigenvalue weighted by atomic mass is 10.1. The Balaban J connectivity index is 2.12. The van der Waals surface area contributed by atoms with Crippen LogP contribution in [0.4, 0.5) is 0 Å². The van der Waals surface area contributed by atoms with Crippen LogP contribution in [0.3, 0.4) is 0 Å². The summed E-state index contributed by atoms with van der Waals surface area (Å²) in [6.07, 6.45) is 0.101. The van der Waals surface area contributed by atoms with Gasteiger partial charge in [0.1, 0.15) is 0 Å². The molecule has 1 unspecified atom stereocenters. The molecule has 0 spiro atoms. The molecule has 0 saturated carbocycles. The molecule has 98 valence electrons. The van der Waals surface area contributed by atoms with Crippen LogP contribution in [0, 0.1) is 5.92 Å². The number of hydrogen-bond donors (Lipinski definition) is 2. The Labute approximate surface area is 101 Å². The predicted octanol–water partition coefficient (Wildman–Crippen LogP) is -1.05. The van der Waals surface area contributed by atoms with Crippen molar-refractivity contribution in [1.29, 1.82) is 0 Å². The zero-order chi connectivity index (χ0) is 12.7. The molecule has 0 aromatic rings. The molecule has 2 amide bonds. The summed E-state index contributed by atoms with van der Waals surface area (Å²) in [5.41, 5.74) is 5.04. The summed E-state index contributed by atoms with van der Waals surface area (Å²) in [6, 6.07) is 0. The van der Waals surface area contributed by atoms with Gasteiger partial charge in [0.25, 0.3) is 0 Å². The molecular formula is C11H21N3O3. The summed E-state index contributed by atoms with van der Waals surface area (Å²) in [4.78, 5) is 24.5. The minimum absolute atomic E-state index is 0.101. The fourth-order valence-corrected chi connectivity index (χ4v) is 1.73. The van der Waals surface area contributed by atoms with Crippen LogP contribution in [0.25, 0.3) is 0 Å². The highest BCUT2D eigenvalue weighted by atomic mass is 16.5. The highest BCUT2D eigenvalue weighted by molar-refractivity contribution is 5.84. The summed E-state index contributed by atoms with van der Waals surface area (Å²) >= 11 is 0. The van der Waals surface area contributed by atoms with Crippen molar-refractivity contribution in [2.45, 2.75) is 13.3 Å². The number of rotatable bonds is 6. The maximum Gasteiger partial charge on any atom is 0.223 e. The number of nitrogens with one attached hydrogen (secondary N) is 1. The van der Waals surface area contributed by atoms with Crippen molar-refractivity contribution in [2.24, 2.45) is 11.7 Å². The summed E-state index contributed by atoms with van der Waals surface area (Å²) in [6.45, 7) is 6.45. The molecule has 3 N–H and O–H groups in total. The molecule has 1 fully saturated rings. The first kappa shape index (κ1) is 13.9. The van der Waals surface area contributed by atoms with Gasteiger partial charge in [0.2, 0.25) is 11.8 Å². The van der Waals surface area contributed by atoms with E-state index in [4.69, 9.17) is 10.5 Å². The molecule has 0 aromatic carbocycles. The predicted molar refractivity (Wildman–Crippen MR) is 63.2 cm³/mol. The van der Waals surface area contributed by atoms with E-state index in [1.165, 1.54) is 0 Å². The monoisotopic (exact) mass is 243 g/mol. The Hall–Kier alpha value is -1.14. The molecule has 6 heteroatoms. The maximum absolute atomic E-state index is 11.6. The molecule has 0 radical (unpaired) electrons. The van der Waals surface area contributed by atoms with E-state index in [1.807, 2.05) is 0 Å². The van der Waals surface area contributed by atoms with E-state index in [2.05, 4.69) is 10.2 Å². The number of primary amides is 1. The van der Waals surface area contributed by atoms with Crippen molar-refractivity contribution in [3.63, 3.8) is 0 Å². The Morgan fingerprint density at radius 3 is 2.65 bits per heavy atom. The lowest BCUT2D eigenvalue weighted by Crippen LogP contribution is -2.42. The van der Waals surface area contributed by atoms with E-state index < -0.39 is 5.91 Å². The number of hydrogen-bond acceptors (Lipinski definition) is 4. The third-order valence-corrected chi connectivity index (χ3v) is 2.79. The van der Waals surface area contributed by atoms with E-state index in [1.54, 1.807) is 6.92 Å². The van der Waals surface area contributed by atoms with Gasteiger partial charge in [0, 0.05) is 38.5 Å². The second-order valence-corrected chi connectivity index (χ2v) is 4.32. The molecular weight excluding hydrogens is 222 g/mol. The van der Waals surface area contributed by atoms with Crippen molar-refractivity contribution in [3.05, 3.63) is 0 Å². The number of amides is 2. The van der Waals surface area contributed by atoms with Gasteiger partial charge in [-0.25, -0.2) is 0 Å². The molecule has 1 saturated heterocycles. The first-order chi connectivity index (χ1) is 8.09. The number of ether oxygens (including phenoxy) is 1. The minimum Gasteiger partial charge on any atom is -0.379 e. The molecule has 1 rings (SSSR count). The van der Waals surface area contributed by atoms with Crippen LogP contribution in [-0.2, 0) is 14.3 Å². The average Bonchev–Trinajstić information content (AvgIpc) is 2.29. The van der Waals surface area contributed by atoms with Crippen LogP contribution < -0.4 is 11.1 Å². The van der Waals surface area contributed by atoms with Crippen molar-refractivity contribution in [3.8, 4) is 0 Å². The molecule has 1 aliphatic heterocycles. The third-order valence-electron chi connectivity index (χ3n) is 2.79. The first-order valence-corrected chi connectivity index (χ1v) is 5.95. The van der Waals surface area contributed by atoms with Gasteiger partial charge in [-0.2, -0.15) is 0 Å². The van der Waals surface area contributed by atoms with Crippen LogP contribution in [-0.4, -0.2) is 56.1 Å². The number of morpholine rings is 1. The fourth-order valence-electron chi connectivity index (χ4n) is 1.73. The Bertz CT molecular complexity index is 265. The van der Waals surface area contributed by atoms with Crippen LogP contribution in [0.2, 0.25) is 0 Å². The van der Waals surface area contributed by atoms with E-state index in [0.29, 0.717) is 6.54 Å². The van der Waals surface area contributed by atoms with Gasteiger partial charge < -0.3 is 15.8 Å². The molecule has 1 heterocycles. The number of nitrogens with zero attached hydrogens (tertiary/aromatic N) is 1. The highest BCUT2D eigenvalue weighted by Gasteiger charge is 2.15. The summed E-state index contributed by atoms with van der Waals surface area (Å²) in [5, 5.41) is 2.81. The van der Waals surface area contributed by atoms with Gasteiger partial charge in [-0.3, -0.25) is 14.5 Å². The Morgan fingerprint density at radius 2 is 2.06 bits per heavy atom. The SMILES string of the molecule is CC(CC(N)=O)C(=O)NCCN1CCOCC1. The third kappa shape index (κ3) is 5.65. The van der Waals surface area contributed by atoms with Gasteiger partial charge in [-0.05, 0) is 0 Å². The minimum atomic E-state index is -0.444. The molecule has 0 aromatic heterocycles. The van der Waals surface area contributed by atoms with Gasteiger partial charge in [0.15, 0.2) is 0 Å². The average molecular weight is 243 g/mol. The molecule has 17 heavy (non-hydrogen) atoms. The Kier molecular flexibility index (Phi) is 5.93. The van der Waals surface area contributed by atoms with Crippen LogP contribution in [0.1, 0.15) is 13.3 Å². The molecule has 1 aliphatic rings. The second-order valence-electron chi connectivity index (χ2n) is 4.32. The lowest BCUT2D eigenvalue weighted by Gasteiger charge is -2.26. The van der Waals surface area contributed by atoms with Crippen molar-refractivity contribution in [2.75, 3.05) is 39.4 Å². The Morgan fingerprint density at radius 1 is 1.41 bits per heavy atom. The molecule has 0 aliphatic carbocycles. The van der Waals surface area contributed by atoms with Crippen LogP contribution in [0.5, 0.6) is 0 Å². The summed E-state index contributed by atoms with van der Waals surface area (Å²) < 4.78 is 5.23. The number of carbonyl (C=O) groups excluding carboxylic acids is 2. The van der Waals surface area contributed by atoms with Gasteiger partial charge >= 0.3 is 0 Å². The zero-order valence-electron chi connectivity index (χ0n) is 10.3. The lowest BCUT2D eigenvalue weighted by molar-refractivity contribution is -0.128. The second kappa shape index (κ2) is 7.24. The smallest absolute Gasteiger partial charge is 0.223 e. The topological polar surface area (TPSA) is 84.7 Å². The van der Waals surface area contributed by atoms with E-state index in [9.17, 15) is 9.59 Å². The zero-order valence-corrected chi connectivity index (χ0v) is 10.3. The van der Waals surface area contributed by atoms with E-state index in [0.717, 1.165) is 32.8 Å². The fraction of sp³-hybridized carbons (Fsp3) is 0.818. The number of nitrogens with two attached hydrogens (primary N) is 1. The van der Waals surface area contributed by atoms with Crippen LogP contribution >= 0.6 is 0 Å². The maximum atomic E-state index is 11.6. The van der Waals surface area contributed by atoms with E-state index >= 15 is 0 Å². The standard InChI is InChI=1S/C11H21N3O3/c1-9(8-10(12)15)11(16)13-2-3-14-4-6-17-7-5-14/h9H,2-8H2,1H3,(H2,12,15)(H,13,16). The van der Waals surface area contributed by atoms with Gasteiger partial charge in [-0.1, -0.05) is 6.92 Å². The van der Waals surface area contributed by atoms with Crippen molar-refractivity contribution >= 4 is 11.8 Å². The van der Waals surface area contributed by atoms with Crippen LogP contribution in [0.15, 0.2) is 0 Å². The number of carbonyl (C=O) groups is 2. The first-order valence-electron chi connectivity index (χ1n) is 5.95. The molecule has 6 nitrogen and oxygen atoms in total. The molecule has 0 bridgehead atoms. The van der Waals surface area contributed by atoms with Gasteiger partial charge in [-0.15, -0.1) is 0 Å².